The lowest BCUT2D eigenvalue weighted by molar-refractivity contribution is -0.137. The Balaban J connectivity index is 1.95. The van der Waals surface area contributed by atoms with Crippen LogP contribution >= 0.6 is 11.3 Å². The standard InChI is InChI=1S/C12H18N4O3S/c17-10(15-5-2-1-3-6-15)8-16(7-4-11(18)19)12-14-13-9-20-12/h9H,1-8H2,(H,18,19). The smallest absolute Gasteiger partial charge is 0.305 e. The molecule has 0 aliphatic carbocycles. The van der Waals surface area contributed by atoms with Crippen molar-refractivity contribution >= 4 is 28.3 Å². The van der Waals surface area contributed by atoms with Gasteiger partial charge in [-0.05, 0) is 19.3 Å². The van der Waals surface area contributed by atoms with Crippen LogP contribution in [0.2, 0.25) is 0 Å². The molecule has 1 N–H and O–H groups in total. The van der Waals surface area contributed by atoms with Crippen molar-refractivity contribution in [1.82, 2.24) is 15.1 Å². The number of carboxylic acids is 1. The fraction of sp³-hybridized carbons (Fsp3) is 0.667. The number of hydrogen-bond acceptors (Lipinski definition) is 6. The molecule has 1 aliphatic heterocycles. The molecule has 0 saturated carbocycles. The maximum absolute atomic E-state index is 12.2. The van der Waals surface area contributed by atoms with Crippen molar-refractivity contribution in [2.45, 2.75) is 25.7 Å². The van der Waals surface area contributed by atoms with E-state index in [4.69, 9.17) is 5.11 Å². The molecule has 20 heavy (non-hydrogen) atoms. The van der Waals surface area contributed by atoms with Crippen LogP contribution in [0.15, 0.2) is 5.51 Å². The summed E-state index contributed by atoms with van der Waals surface area (Å²) in [7, 11) is 0. The first-order valence-electron chi connectivity index (χ1n) is 6.67. The molecule has 8 heteroatoms. The van der Waals surface area contributed by atoms with Gasteiger partial charge in [0, 0.05) is 19.6 Å². The summed E-state index contributed by atoms with van der Waals surface area (Å²) in [6.07, 6.45) is 3.23. The lowest BCUT2D eigenvalue weighted by Gasteiger charge is -2.29. The van der Waals surface area contributed by atoms with Crippen LogP contribution in [-0.2, 0) is 9.59 Å². The molecule has 0 radical (unpaired) electrons. The molecule has 1 fully saturated rings. The van der Waals surface area contributed by atoms with Gasteiger partial charge in [0.15, 0.2) is 0 Å². The molecular weight excluding hydrogens is 280 g/mol. The van der Waals surface area contributed by atoms with Crippen molar-refractivity contribution in [3.8, 4) is 0 Å². The average molecular weight is 298 g/mol. The van der Waals surface area contributed by atoms with Crippen molar-refractivity contribution in [2.24, 2.45) is 0 Å². The van der Waals surface area contributed by atoms with E-state index in [1.807, 2.05) is 4.90 Å². The first-order chi connectivity index (χ1) is 9.66. The zero-order valence-corrected chi connectivity index (χ0v) is 12.0. The summed E-state index contributed by atoms with van der Waals surface area (Å²) in [5.41, 5.74) is 1.58. The molecule has 0 aromatic carbocycles. The number of aromatic nitrogens is 2. The van der Waals surface area contributed by atoms with Crippen LogP contribution in [-0.4, -0.2) is 58.3 Å². The van der Waals surface area contributed by atoms with E-state index >= 15 is 0 Å². The molecule has 1 aromatic rings. The highest BCUT2D eigenvalue weighted by Crippen LogP contribution is 2.17. The topological polar surface area (TPSA) is 86.6 Å². The van der Waals surface area contributed by atoms with Crippen LogP contribution in [0.25, 0.3) is 0 Å². The van der Waals surface area contributed by atoms with Crippen LogP contribution < -0.4 is 4.90 Å². The Kier molecular flexibility index (Phi) is 5.28. The van der Waals surface area contributed by atoms with Crippen LogP contribution in [0, 0.1) is 0 Å². The molecule has 110 valence electrons. The second kappa shape index (κ2) is 7.18. The highest BCUT2D eigenvalue weighted by Gasteiger charge is 2.21. The third-order valence-corrected chi connectivity index (χ3v) is 4.00. The minimum atomic E-state index is -0.884. The maximum Gasteiger partial charge on any atom is 0.305 e. The number of amides is 1. The number of anilines is 1. The van der Waals surface area contributed by atoms with Crippen molar-refractivity contribution in [3.05, 3.63) is 5.51 Å². The fourth-order valence-corrected chi connectivity index (χ4v) is 2.77. The highest BCUT2D eigenvalue weighted by atomic mass is 32.1. The lowest BCUT2D eigenvalue weighted by atomic mass is 10.1. The Bertz CT molecular complexity index is 446. The monoisotopic (exact) mass is 298 g/mol. The summed E-state index contributed by atoms with van der Waals surface area (Å²) in [5.74, 6) is -0.852. The Hall–Kier alpha value is -1.70. The molecule has 0 unspecified atom stereocenters. The number of likely N-dealkylation sites (tertiary alicyclic amines) is 1. The highest BCUT2D eigenvalue weighted by molar-refractivity contribution is 7.13. The van der Waals surface area contributed by atoms with Gasteiger partial charge in [0.05, 0.1) is 13.0 Å². The van der Waals surface area contributed by atoms with Gasteiger partial charge in [-0.1, -0.05) is 11.3 Å². The normalized spacial score (nSPS) is 15.1. The molecule has 1 aromatic heterocycles. The van der Waals surface area contributed by atoms with Gasteiger partial charge in [-0.15, -0.1) is 10.2 Å². The minimum Gasteiger partial charge on any atom is -0.481 e. The second-order valence-electron chi connectivity index (χ2n) is 4.73. The van der Waals surface area contributed by atoms with Crippen molar-refractivity contribution in [2.75, 3.05) is 31.1 Å². The fourth-order valence-electron chi connectivity index (χ4n) is 2.18. The van der Waals surface area contributed by atoms with Gasteiger partial charge >= 0.3 is 5.97 Å². The third-order valence-electron chi connectivity index (χ3n) is 3.25. The largest absolute Gasteiger partial charge is 0.481 e. The van der Waals surface area contributed by atoms with E-state index in [-0.39, 0.29) is 25.4 Å². The molecule has 0 atom stereocenters. The Morgan fingerprint density at radius 1 is 1.35 bits per heavy atom. The Labute approximate surface area is 121 Å². The maximum atomic E-state index is 12.2. The van der Waals surface area contributed by atoms with Crippen molar-refractivity contribution < 1.29 is 14.7 Å². The summed E-state index contributed by atoms with van der Waals surface area (Å²) in [5, 5.41) is 17.1. The molecule has 0 bridgehead atoms. The summed E-state index contributed by atoms with van der Waals surface area (Å²) in [4.78, 5) is 26.5. The summed E-state index contributed by atoms with van der Waals surface area (Å²) >= 11 is 1.31. The van der Waals surface area contributed by atoms with E-state index < -0.39 is 5.97 Å². The zero-order chi connectivity index (χ0) is 14.4. The number of aliphatic carboxylic acids is 1. The number of hydrogen-bond donors (Lipinski definition) is 1. The molecule has 2 rings (SSSR count). The van der Waals surface area contributed by atoms with Gasteiger partial charge in [-0.3, -0.25) is 9.59 Å². The number of carboxylic acid groups (broad SMARTS) is 1. The quantitative estimate of drug-likeness (QED) is 0.837. The van der Waals surface area contributed by atoms with Gasteiger partial charge in [0.2, 0.25) is 11.0 Å². The molecule has 7 nitrogen and oxygen atoms in total. The summed E-state index contributed by atoms with van der Waals surface area (Å²) in [6, 6.07) is 0. The predicted molar refractivity (Wildman–Crippen MR) is 74.8 cm³/mol. The van der Waals surface area contributed by atoms with Crippen LogP contribution in [0.1, 0.15) is 25.7 Å². The second-order valence-corrected chi connectivity index (χ2v) is 5.54. The Morgan fingerprint density at radius 2 is 2.10 bits per heavy atom. The van der Waals surface area contributed by atoms with Gasteiger partial charge in [-0.2, -0.15) is 0 Å². The average Bonchev–Trinajstić information content (AvgIpc) is 2.98. The van der Waals surface area contributed by atoms with Crippen LogP contribution in [0.3, 0.4) is 0 Å². The predicted octanol–water partition coefficient (Wildman–Crippen LogP) is 0.832. The first-order valence-corrected chi connectivity index (χ1v) is 7.55. The van der Waals surface area contributed by atoms with Gasteiger partial charge in [-0.25, -0.2) is 0 Å². The van der Waals surface area contributed by atoms with Gasteiger partial charge in [0.1, 0.15) is 5.51 Å². The van der Waals surface area contributed by atoms with E-state index in [0.717, 1.165) is 25.9 Å². The van der Waals surface area contributed by atoms with Crippen molar-refractivity contribution in [1.29, 1.82) is 0 Å². The Morgan fingerprint density at radius 3 is 2.70 bits per heavy atom. The number of carbonyl (C=O) groups excluding carboxylic acids is 1. The van der Waals surface area contributed by atoms with E-state index in [2.05, 4.69) is 10.2 Å². The third kappa shape index (κ3) is 4.16. The van der Waals surface area contributed by atoms with E-state index in [1.54, 1.807) is 10.4 Å². The lowest BCUT2D eigenvalue weighted by Crippen LogP contribution is -2.43. The molecular formula is C12H18N4O3S. The zero-order valence-electron chi connectivity index (χ0n) is 11.2. The van der Waals surface area contributed by atoms with Crippen LogP contribution in [0.4, 0.5) is 5.13 Å². The van der Waals surface area contributed by atoms with Crippen molar-refractivity contribution in [3.63, 3.8) is 0 Å². The number of nitrogens with zero attached hydrogens (tertiary/aromatic N) is 4. The van der Waals surface area contributed by atoms with E-state index in [0.29, 0.717) is 5.13 Å². The molecule has 2 heterocycles. The first kappa shape index (κ1) is 14.7. The number of rotatable bonds is 6. The molecule has 1 aliphatic rings. The van der Waals surface area contributed by atoms with E-state index in [9.17, 15) is 9.59 Å². The molecule has 1 saturated heterocycles. The number of piperidine rings is 1. The molecule has 1 amide bonds. The summed E-state index contributed by atoms with van der Waals surface area (Å²) in [6.45, 7) is 2.02. The SMILES string of the molecule is O=C(O)CCN(CC(=O)N1CCCCC1)c1nncs1. The van der Waals surface area contributed by atoms with E-state index in [1.165, 1.54) is 17.8 Å². The van der Waals surface area contributed by atoms with Crippen LogP contribution in [0.5, 0.6) is 0 Å². The molecule has 0 spiro atoms. The van der Waals surface area contributed by atoms with Gasteiger partial charge in [0.25, 0.3) is 0 Å². The number of carbonyl (C=O) groups is 2. The minimum absolute atomic E-state index is 0.0210. The van der Waals surface area contributed by atoms with Gasteiger partial charge < -0.3 is 14.9 Å². The summed E-state index contributed by atoms with van der Waals surface area (Å²) < 4.78 is 0.